The van der Waals surface area contributed by atoms with Gasteiger partial charge in [-0.05, 0) is 60.4 Å². The molecule has 6 aromatic carbocycles. The summed E-state index contributed by atoms with van der Waals surface area (Å²) in [5.41, 5.74) is -0.0669. The maximum absolute atomic E-state index is 16.6. The summed E-state index contributed by atoms with van der Waals surface area (Å²) in [7, 11) is 0. The van der Waals surface area contributed by atoms with Crippen LogP contribution in [0.15, 0.2) is 175 Å². The van der Waals surface area contributed by atoms with Gasteiger partial charge >= 0.3 is 5.97 Å². The molecule has 0 fully saturated rings. The monoisotopic (exact) mass is 773 g/mol. The number of ketones is 2. The SMILES string of the molecule is CCOC(=O)C1=C(C(=O)c2ccc(C)cc2)C2(C(=O)C1=P(c1ccccc1)(c1ccccc1)c1ccccc1)C(=O)N(Cc1ccccc1)c1ccc(Cl)cc12. The lowest BCUT2D eigenvalue weighted by Crippen LogP contribution is -2.49. The lowest BCUT2D eigenvalue weighted by atomic mass is 9.72. The van der Waals surface area contributed by atoms with Crippen LogP contribution in [0.4, 0.5) is 5.69 Å². The fourth-order valence-corrected chi connectivity index (χ4v) is 12.9. The molecule has 0 N–H and O–H groups in total. The highest BCUT2D eigenvalue weighted by atomic mass is 35.5. The van der Waals surface area contributed by atoms with Gasteiger partial charge in [-0.25, -0.2) is 4.79 Å². The normalized spacial score (nSPS) is 16.4. The predicted molar refractivity (Wildman–Crippen MR) is 225 cm³/mol. The smallest absolute Gasteiger partial charge is 0.339 e. The number of hydrogen-bond acceptors (Lipinski definition) is 5. The number of carbonyl (C=O) groups excluding carboxylic acids is 4. The van der Waals surface area contributed by atoms with Crippen LogP contribution in [0.25, 0.3) is 0 Å². The molecule has 1 atom stereocenters. The predicted octanol–water partition coefficient (Wildman–Crippen LogP) is 7.92. The lowest BCUT2D eigenvalue weighted by Gasteiger charge is -2.32. The van der Waals surface area contributed by atoms with E-state index in [1.165, 1.54) is 0 Å². The summed E-state index contributed by atoms with van der Waals surface area (Å²) in [5.74, 6) is -2.76. The topological polar surface area (TPSA) is 80.8 Å². The molecule has 56 heavy (non-hydrogen) atoms. The van der Waals surface area contributed by atoms with Crippen molar-refractivity contribution >= 4 is 68.8 Å². The summed E-state index contributed by atoms with van der Waals surface area (Å²) in [5, 5.41) is 2.64. The molecular formula is C48H37ClNO5P. The van der Waals surface area contributed by atoms with Crippen LogP contribution >= 0.6 is 18.5 Å². The van der Waals surface area contributed by atoms with Crippen molar-refractivity contribution in [3.63, 3.8) is 0 Å². The third-order valence-corrected chi connectivity index (χ3v) is 15.2. The molecule has 0 aromatic heterocycles. The van der Waals surface area contributed by atoms with Crippen LogP contribution in [0.5, 0.6) is 0 Å². The number of hydrogen-bond donors (Lipinski definition) is 0. The van der Waals surface area contributed by atoms with Gasteiger partial charge in [-0.2, -0.15) is 0 Å². The molecule has 1 amide bonds. The lowest BCUT2D eigenvalue weighted by molar-refractivity contribution is -0.138. The van der Waals surface area contributed by atoms with Crippen LogP contribution in [0, 0.1) is 6.92 Å². The largest absolute Gasteiger partial charge is 0.462 e. The zero-order valence-corrected chi connectivity index (χ0v) is 32.5. The van der Waals surface area contributed by atoms with Gasteiger partial charge in [0.05, 0.1) is 18.7 Å². The zero-order chi connectivity index (χ0) is 39.0. The van der Waals surface area contributed by atoms with Gasteiger partial charge in [0, 0.05) is 32.7 Å². The molecular weight excluding hydrogens is 737 g/mol. The minimum Gasteiger partial charge on any atom is -0.462 e. The van der Waals surface area contributed by atoms with Crippen LogP contribution in [-0.4, -0.2) is 35.3 Å². The summed E-state index contributed by atoms with van der Waals surface area (Å²) in [4.78, 5) is 64.5. The van der Waals surface area contributed by atoms with Crippen molar-refractivity contribution in [2.75, 3.05) is 11.5 Å². The molecule has 2 aliphatic rings. The van der Waals surface area contributed by atoms with Crippen LogP contribution in [0.3, 0.4) is 0 Å². The Hall–Kier alpha value is -6.07. The fourth-order valence-electron chi connectivity index (χ4n) is 8.21. The molecule has 0 saturated carbocycles. The van der Waals surface area contributed by atoms with Crippen molar-refractivity contribution in [2.45, 2.75) is 25.8 Å². The van der Waals surface area contributed by atoms with E-state index in [1.807, 2.05) is 128 Å². The number of aryl methyl sites for hydroxylation is 1. The van der Waals surface area contributed by atoms with Gasteiger partial charge in [0.2, 0.25) is 0 Å². The highest BCUT2D eigenvalue weighted by molar-refractivity contribution is 7.97. The van der Waals surface area contributed by atoms with Gasteiger partial charge in [-0.1, -0.05) is 163 Å². The fraction of sp³-hybridized carbons (Fsp3) is 0.104. The first kappa shape index (κ1) is 36.9. The first-order valence-electron chi connectivity index (χ1n) is 18.4. The molecule has 6 aromatic rings. The first-order valence-corrected chi connectivity index (χ1v) is 20.6. The number of Topliss-reactive ketones (excluding diaryl/α,β-unsaturated/α-hetero) is 2. The molecule has 1 heterocycles. The average molecular weight is 774 g/mol. The Morgan fingerprint density at radius 2 is 1.21 bits per heavy atom. The maximum atomic E-state index is 16.6. The third kappa shape index (κ3) is 5.71. The van der Waals surface area contributed by atoms with Gasteiger partial charge < -0.3 is 9.64 Å². The van der Waals surface area contributed by atoms with Gasteiger partial charge in [-0.15, -0.1) is 0 Å². The summed E-state index contributed by atoms with van der Waals surface area (Å²) in [6.07, 6.45) is 0. The molecule has 6 nitrogen and oxygen atoms in total. The molecule has 1 aliphatic carbocycles. The molecule has 0 radical (unpaired) electrons. The minimum atomic E-state index is -3.43. The van der Waals surface area contributed by atoms with E-state index >= 15 is 19.2 Å². The van der Waals surface area contributed by atoms with Crippen LogP contribution < -0.4 is 20.8 Å². The highest BCUT2D eigenvalue weighted by Gasteiger charge is 2.67. The van der Waals surface area contributed by atoms with Crippen molar-refractivity contribution in [3.8, 4) is 0 Å². The number of esters is 1. The molecule has 1 spiro atoms. The Bertz CT molecular complexity index is 2500. The summed E-state index contributed by atoms with van der Waals surface area (Å²) in [6, 6.07) is 50.1. The number of carbonyl (C=O) groups is 4. The summed E-state index contributed by atoms with van der Waals surface area (Å²) in [6.45, 7) is 0.226. The van der Waals surface area contributed by atoms with Gasteiger partial charge in [0.25, 0.3) is 5.91 Å². The number of halogens is 1. The number of ether oxygens (including phenoxy) is 1. The molecule has 0 bridgehead atoms. The van der Waals surface area contributed by atoms with Gasteiger partial charge in [0.15, 0.2) is 17.0 Å². The standard InChI is InChI=1S/C48H37ClNO5P/c1-3-55-46(53)41-42(43(51)34-26-24-32(2)25-27-34)48(39-30-35(49)28-29-40(39)50(47(48)54)31-33-16-8-4-9-17-33)45(52)44(41)56(36-18-10-5-11-19-36,37-20-12-6-13-21-37)38-22-14-7-15-23-38/h4-30H,3,31H2,1-2H3. The molecule has 8 rings (SSSR count). The number of rotatable bonds is 9. The average Bonchev–Trinajstić information content (AvgIpc) is 3.64. The van der Waals surface area contributed by atoms with E-state index in [0.717, 1.165) is 27.0 Å². The van der Waals surface area contributed by atoms with Crippen molar-refractivity contribution in [3.05, 3.63) is 202 Å². The first-order chi connectivity index (χ1) is 27.2. The van der Waals surface area contributed by atoms with E-state index in [2.05, 4.69) is 0 Å². The summed E-state index contributed by atoms with van der Waals surface area (Å²) >= 11 is 6.78. The van der Waals surface area contributed by atoms with Crippen molar-refractivity contribution in [1.29, 1.82) is 0 Å². The molecule has 1 unspecified atom stereocenters. The number of anilines is 1. The van der Waals surface area contributed by atoms with Gasteiger partial charge in [0.1, 0.15) is 0 Å². The number of amides is 1. The van der Waals surface area contributed by atoms with Crippen LogP contribution in [0.2, 0.25) is 5.02 Å². The van der Waals surface area contributed by atoms with E-state index < -0.39 is 35.7 Å². The number of nitrogens with zero attached hydrogens (tertiary/aromatic N) is 1. The molecule has 0 saturated heterocycles. The Morgan fingerprint density at radius 3 is 1.73 bits per heavy atom. The van der Waals surface area contributed by atoms with E-state index in [0.29, 0.717) is 5.69 Å². The molecule has 1 aliphatic heterocycles. The Balaban J connectivity index is 1.62. The highest BCUT2D eigenvalue weighted by Crippen LogP contribution is 2.59. The quantitative estimate of drug-likeness (QED) is 0.0646. The second-order valence-electron chi connectivity index (χ2n) is 13.8. The molecule has 276 valence electrons. The molecule has 8 heteroatoms. The second-order valence-corrected chi connectivity index (χ2v) is 17.6. The van der Waals surface area contributed by atoms with E-state index in [-0.39, 0.29) is 45.7 Å². The Labute approximate surface area is 331 Å². The van der Waals surface area contributed by atoms with Crippen LogP contribution in [0.1, 0.15) is 34.0 Å². The van der Waals surface area contributed by atoms with E-state index in [9.17, 15) is 0 Å². The van der Waals surface area contributed by atoms with Crippen molar-refractivity contribution in [1.82, 2.24) is 0 Å². The summed E-state index contributed by atoms with van der Waals surface area (Å²) < 4.78 is 5.86. The van der Waals surface area contributed by atoms with Crippen LogP contribution in [-0.2, 0) is 31.1 Å². The number of fused-ring (bicyclic) bond motifs is 2. The second kappa shape index (κ2) is 14.9. The van der Waals surface area contributed by atoms with E-state index in [4.69, 9.17) is 16.3 Å². The van der Waals surface area contributed by atoms with Crippen molar-refractivity contribution < 1.29 is 23.9 Å². The Kier molecular flexibility index (Phi) is 9.80. The third-order valence-electron chi connectivity index (χ3n) is 10.6. The van der Waals surface area contributed by atoms with Crippen molar-refractivity contribution in [2.24, 2.45) is 0 Å². The van der Waals surface area contributed by atoms with Gasteiger partial charge in [-0.3, -0.25) is 14.4 Å². The zero-order valence-electron chi connectivity index (χ0n) is 30.8. The maximum Gasteiger partial charge on any atom is 0.339 e. The van der Waals surface area contributed by atoms with E-state index in [1.54, 1.807) is 54.3 Å². The number of benzene rings is 6. The Morgan fingerprint density at radius 1 is 0.696 bits per heavy atom. The minimum absolute atomic E-state index is 0.0350.